The number of sulfone groups is 1. The van der Waals surface area contributed by atoms with Crippen LogP contribution in [0.15, 0.2) is 22.2 Å². The van der Waals surface area contributed by atoms with Crippen LogP contribution in [0.25, 0.3) is 0 Å². The van der Waals surface area contributed by atoms with Crippen LogP contribution >= 0.6 is 23.4 Å². The van der Waals surface area contributed by atoms with Crippen molar-refractivity contribution in [2.24, 2.45) is 5.92 Å². The Morgan fingerprint density at radius 1 is 1.30 bits per heavy atom. The highest BCUT2D eigenvalue weighted by atomic mass is 35.5. The third kappa shape index (κ3) is 4.52. The van der Waals surface area contributed by atoms with Crippen LogP contribution in [0.3, 0.4) is 0 Å². The molecule has 7 nitrogen and oxygen atoms in total. The molecule has 0 spiro atoms. The molecule has 0 unspecified atom stereocenters. The van der Waals surface area contributed by atoms with Gasteiger partial charge in [0.15, 0.2) is 15.6 Å². The van der Waals surface area contributed by atoms with Crippen molar-refractivity contribution in [1.29, 1.82) is 0 Å². The van der Waals surface area contributed by atoms with E-state index >= 15 is 0 Å². The lowest BCUT2D eigenvalue weighted by Gasteiger charge is -2.21. The van der Waals surface area contributed by atoms with Crippen molar-refractivity contribution in [2.45, 2.75) is 48.7 Å². The third-order valence-electron chi connectivity index (χ3n) is 4.76. The van der Waals surface area contributed by atoms with Crippen LogP contribution in [0, 0.1) is 5.92 Å². The van der Waals surface area contributed by atoms with Gasteiger partial charge < -0.3 is 0 Å². The summed E-state index contributed by atoms with van der Waals surface area (Å²) in [6.07, 6.45) is 7.84. The van der Waals surface area contributed by atoms with Crippen LogP contribution in [0.4, 0.5) is 0 Å². The lowest BCUT2D eigenvalue weighted by molar-refractivity contribution is 0.0889. The molecule has 1 fully saturated rings. The van der Waals surface area contributed by atoms with Gasteiger partial charge in [0.05, 0.1) is 16.5 Å². The molecule has 2 aromatic rings. The predicted octanol–water partition coefficient (Wildman–Crippen LogP) is 3.26. The highest BCUT2D eigenvalue weighted by molar-refractivity contribution is 7.98. The number of Topliss-reactive ketones (excluding diaryl/α,β-unsaturated/α-hetero) is 1. The summed E-state index contributed by atoms with van der Waals surface area (Å²) in [6, 6.07) is 2.99. The molecule has 0 atom stereocenters. The van der Waals surface area contributed by atoms with Crippen molar-refractivity contribution in [3.8, 4) is 0 Å². The Labute approximate surface area is 167 Å². The standard InChI is InChI=1S/C17H21ClN4O3S2/c1-26-17-19-21-22(20-17)10-13-14(27(2,24)25)9-8-12(15(13)18)16(23)11-6-4-3-5-7-11/h8-9,11H,3-7,10H2,1-2H3. The molecule has 0 N–H and O–H groups in total. The second-order valence-corrected chi connectivity index (χ2v) is 9.82. The highest BCUT2D eigenvalue weighted by Gasteiger charge is 2.27. The molecule has 0 radical (unpaired) electrons. The fourth-order valence-electron chi connectivity index (χ4n) is 3.39. The van der Waals surface area contributed by atoms with Gasteiger partial charge in [-0.05, 0) is 36.4 Å². The minimum Gasteiger partial charge on any atom is -0.294 e. The zero-order valence-electron chi connectivity index (χ0n) is 15.2. The molecule has 1 aliphatic rings. The molecule has 0 bridgehead atoms. The van der Waals surface area contributed by atoms with Crippen LogP contribution in [0.1, 0.15) is 48.0 Å². The Morgan fingerprint density at radius 3 is 2.59 bits per heavy atom. The molecule has 1 saturated carbocycles. The molecule has 0 amide bonds. The summed E-state index contributed by atoms with van der Waals surface area (Å²) in [7, 11) is -3.53. The summed E-state index contributed by atoms with van der Waals surface area (Å²) in [5, 5.41) is 12.6. The second kappa shape index (κ2) is 8.28. The lowest BCUT2D eigenvalue weighted by Crippen LogP contribution is -2.19. The maximum absolute atomic E-state index is 12.9. The average molecular weight is 429 g/mol. The molecular formula is C17H21ClN4O3S2. The van der Waals surface area contributed by atoms with E-state index in [1.807, 2.05) is 6.26 Å². The molecule has 10 heteroatoms. The predicted molar refractivity (Wildman–Crippen MR) is 104 cm³/mol. The van der Waals surface area contributed by atoms with E-state index in [1.165, 1.54) is 28.7 Å². The minimum absolute atomic E-state index is 0.0163. The molecule has 1 aromatic heterocycles. The van der Waals surface area contributed by atoms with E-state index in [2.05, 4.69) is 15.4 Å². The Bertz CT molecular complexity index is 953. The zero-order valence-corrected chi connectivity index (χ0v) is 17.6. The highest BCUT2D eigenvalue weighted by Crippen LogP contribution is 2.33. The maximum Gasteiger partial charge on any atom is 0.230 e. The number of nitrogens with zero attached hydrogens (tertiary/aromatic N) is 4. The average Bonchev–Trinajstić information content (AvgIpc) is 3.10. The topological polar surface area (TPSA) is 94.8 Å². The van der Waals surface area contributed by atoms with Gasteiger partial charge >= 0.3 is 0 Å². The molecule has 3 rings (SSSR count). The zero-order chi connectivity index (χ0) is 19.6. The number of rotatable bonds is 6. The number of ketones is 1. The van der Waals surface area contributed by atoms with Crippen LogP contribution in [0.2, 0.25) is 5.02 Å². The summed E-state index contributed by atoms with van der Waals surface area (Å²) in [5.74, 6) is -0.0712. The number of carbonyl (C=O) groups excluding carboxylic acids is 1. The molecule has 146 valence electrons. The van der Waals surface area contributed by atoms with Gasteiger partial charge in [0.25, 0.3) is 0 Å². The van der Waals surface area contributed by atoms with E-state index in [0.717, 1.165) is 38.4 Å². The first-order valence-electron chi connectivity index (χ1n) is 8.68. The molecule has 0 saturated heterocycles. The number of tetrazole rings is 1. The van der Waals surface area contributed by atoms with Crippen molar-refractivity contribution in [2.75, 3.05) is 12.5 Å². The molecule has 1 heterocycles. The Balaban J connectivity index is 2.03. The Hall–Kier alpha value is -1.45. The van der Waals surface area contributed by atoms with Crippen LogP contribution < -0.4 is 0 Å². The maximum atomic E-state index is 12.9. The van der Waals surface area contributed by atoms with E-state index in [1.54, 1.807) is 0 Å². The van der Waals surface area contributed by atoms with Gasteiger partial charge in [-0.25, -0.2) is 8.42 Å². The largest absolute Gasteiger partial charge is 0.294 e. The third-order valence-corrected chi connectivity index (χ3v) is 6.90. The summed E-state index contributed by atoms with van der Waals surface area (Å²) in [6.45, 7) is 0.0284. The summed E-state index contributed by atoms with van der Waals surface area (Å²) >= 11 is 7.87. The van der Waals surface area contributed by atoms with Gasteiger partial charge in [0, 0.05) is 23.3 Å². The van der Waals surface area contributed by atoms with Crippen LogP contribution in [0.5, 0.6) is 0 Å². The fraction of sp³-hybridized carbons (Fsp3) is 0.529. The van der Waals surface area contributed by atoms with Gasteiger partial charge in [-0.15, -0.1) is 10.2 Å². The quantitative estimate of drug-likeness (QED) is 0.514. The number of aromatic nitrogens is 4. The van der Waals surface area contributed by atoms with Gasteiger partial charge in [0.2, 0.25) is 5.16 Å². The number of halogens is 1. The van der Waals surface area contributed by atoms with Gasteiger partial charge in [-0.1, -0.05) is 42.6 Å². The normalized spacial score (nSPS) is 15.8. The minimum atomic E-state index is -3.53. The van der Waals surface area contributed by atoms with Crippen molar-refractivity contribution in [1.82, 2.24) is 20.2 Å². The first-order chi connectivity index (χ1) is 12.8. The first kappa shape index (κ1) is 20.3. The number of carbonyl (C=O) groups is 1. The first-order valence-corrected chi connectivity index (χ1v) is 12.2. The van der Waals surface area contributed by atoms with Crippen molar-refractivity contribution < 1.29 is 13.2 Å². The second-order valence-electron chi connectivity index (χ2n) is 6.68. The number of hydrogen-bond acceptors (Lipinski definition) is 7. The molecule has 27 heavy (non-hydrogen) atoms. The van der Waals surface area contributed by atoms with Crippen molar-refractivity contribution >= 4 is 39.0 Å². The fourth-order valence-corrected chi connectivity index (χ4v) is 4.99. The van der Waals surface area contributed by atoms with Crippen LogP contribution in [-0.2, 0) is 16.4 Å². The number of hydrogen-bond donors (Lipinski definition) is 0. The van der Waals surface area contributed by atoms with Crippen molar-refractivity contribution in [3.05, 3.63) is 28.3 Å². The number of benzene rings is 1. The Kier molecular flexibility index (Phi) is 6.22. The van der Waals surface area contributed by atoms with E-state index in [4.69, 9.17) is 11.6 Å². The summed E-state index contributed by atoms with van der Waals surface area (Å²) in [4.78, 5) is 14.3. The van der Waals surface area contributed by atoms with Gasteiger partial charge in [-0.2, -0.15) is 4.80 Å². The monoisotopic (exact) mass is 428 g/mol. The van der Waals surface area contributed by atoms with Crippen LogP contribution in [-0.4, -0.2) is 46.9 Å². The van der Waals surface area contributed by atoms with Crippen molar-refractivity contribution in [3.63, 3.8) is 0 Å². The SMILES string of the molecule is CSc1nnn(Cc2c(S(C)(=O)=O)ccc(C(=O)C3CCCCC3)c2Cl)n1. The molecule has 1 aliphatic carbocycles. The molecule has 0 aliphatic heterocycles. The van der Waals surface area contributed by atoms with E-state index in [9.17, 15) is 13.2 Å². The lowest BCUT2D eigenvalue weighted by atomic mass is 9.83. The smallest absolute Gasteiger partial charge is 0.230 e. The number of thioether (sulfide) groups is 1. The molecular weight excluding hydrogens is 408 g/mol. The van der Waals surface area contributed by atoms with Gasteiger partial charge in [0.1, 0.15) is 0 Å². The summed E-state index contributed by atoms with van der Waals surface area (Å²) in [5.41, 5.74) is 0.696. The van der Waals surface area contributed by atoms with Gasteiger partial charge in [-0.3, -0.25) is 4.79 Å². The Morgan fingerprint density at radius 2 is 2.00 bits per heavy atom. The summed E-state index contributed by atoms with van der Waals surface area (Å²) < 4.78 is 24.5. The van der Waals surface area contributed by atoms with E-state index in [0.29, 0.717) is 16.3 Å². The van der Waals surface area contributed by atoms with E-state index < -0.39 is 9.84 Å². The van der Waals surface area contributed by atoms with E-state index in [-0.39, 0.29) is 28.2 Å². The molecule has 1 aromatic carbocycles.